The van der Waals surface area contributed by atoms with Crippen molar-refractivity contribution in [3.63, 3.8) is 0 Å². The second kappa shape index (κ2) is 9.26. The number of benzene rings is 4. The van der Waals surface area contributed by atoms with E-state index in [2.05, 4.69) is 169 Å². The van der Waals surface area contributed by atoms with E-state index in [0.717, 1.165) is 0 Å². The quantitative estimate of drug-likeness (QED) is 0.172. The van der Waals surface area contributed by atoms with Gasteiger partial charge in [0.1, 0.15) is 0 Å². The average Bonchev–Trinajstić information content (AvgIpc) is 3.63. The summed E-state index contributed by atoms with van der Waals surface area (Å²) < 4.78 is 7.60. The molecule has 0 nitrogen and oxygen atoms in total. The molecule has 2 atom stereocenters. The predicted molar refractivity (Wildman–Crippen MR) is 197 cm³/mol. The van der Waals surface area contributed by atoms with Crippen LogP contribution < -0.4 is 0 Å². The molecule has 0 aliphatic heterocycles. The van der Waals surface area contributed by atoms with Crippen molar-refractivity contribution in [3.8, 4) is 22.3 Å². The number of hydrogen-bond acceptors (Lipinski definition) is 0. The van der Waals surface area contributed by atoms with E-state index in [1.54, 1.807) is 11.1 Å². The number of allylic oxidation sites excluding steroid dienone is 2. The predicted octanol–water partition coefficient (Wildman–Crippen LogP) is 12.2. The van der Waals surface area contributed by atoms with E-state index in [1.165, 1.54) is 55.6 Å². The van der Waals surface area contributed by atoms with Crippen molar-refractivity contribution in [2.75, 3.05) is 0 Å². The van der Waals surface area contributed by atoms with Crippen LogP contribution in [0.5, 0.6) is 0 Å². The Morgan fingerprint density at radius 1 is 0.523 bits per heavy atom. The molecule has 2 heteroatoms. The van der Waals surface area contributed by atoms with Gasteiger partial charge in [-0.15, -0.1) is 0 Å². The summed E-state index contributed by atoms with van der Waals surface area (Å²) in [6, 6.07) is 27.9. The number of aryl methyl sites for hydroxylation is 2. The van der Waals surface area contributed by atoms with Crippen molar-refractivity contribution >= 4 is 19.1 Å². The fourth-order valence-electron chi connectivity index (χ4n) is 9.76. The molecule has 4 aromatic rings. The second-order valence-corrected chi connectivity index (χ2v) is 93.5. The van der Waals surface area contributed by atoms with Gasteiger partial charge in [0.25, 0.3) is 0 Å². The molecule has 44 heavy (non-hydrogen) atoms. The molecule has 0 radical (unpaired) electrons. The molecular weight excluding hydrogens is 711 g/mol. The van der Waals surface area contributed by atoms with E-state index >= 15 is 0 Å². The van der Waals surface area contributed by atoms with Gasteiger partial charge in [0.15, 0.2) is 0 Å². The summed E-state index contributed by atoms with van der Waals surface area (Å²) >= 11 is -5.21. The Balaban J connectivity index is 1.66. The summed E-state index contributed by atoms with van der Waals surface area (Å²) in [5.74, 6) is 0. The van der Waals surface area contributed by atoms with Crippen molar-refractivity contribution in [1.82, 2.24) is 0 Å². The first-order valence-corrected chi connectivity index (χ1v) is 40.6. The first-order valence-electron chi connectivity index (χ1n) is 16.8. The third kappa shape index (κ3) is 3.59. The third-order valence-corrected chi connectivity index (χ3v) is 96.4. The topological polar surface area (TPSA) is 0 Å². The van der Waals surface area contributed by atoms with Crippen LogP contribution in [0.1, 0.15) is 79.6 Å². The Morgan fingerprint density at radius 3 is 1.23 bits per heavy atom. The molecule has 0 spiro atoms. The van der Waals surface area contributed by atoms with Crippen LogP contribution >= 0.6 is 0 Å². The van der Waals surface area contributed by atoms with Crippen molar-refractivity contribution < 1.29 is 14.2 Å². The molecule has 0 bridgehead atoms. The molecule has 6 rings (SSSR count). The van der Waals surface area contributed by atoms with E-state index in [9.17, 15) is 0 Å². The Hall–Kier alpha value is -2.55. The molecule has 0 heterocycles. The van der Waals surface area contributed by atoms with Crippen LogP contribution in [0.3, 0.4) is 0 Å². The van der Waals surface area contributed by atoms with Crippen molar-refractivity contribution in [2.24, 2.45) is 0 Å². The van der Waals surface area contributed by atoms with Crippen molar-refractivity contribution in [3.05, 3.63) is 129 Å². The number of fused-ring (bicyclic) bond motifs is 2. The van der Waals surface area contributed by atoms with E-state index in [1.807, 2.05) is 0 Å². The van der Waals surface area contributed by atoms with Crippen LogP contribution in [0.2, 0.25) is 16.7 Å². The summed E-state index contributed by atoms with van der Waals surface area (Å²) in [6.07, 6.45) is 10.3. The van der Waals surface area contributed by atoms with Gasteiger partial charge >= 0.3 is 264 Å². The molecule has 0 saturated carbocycles. The maximum absolute atomic E-state index is 5.21. The summed E-state index contributed by atoms with van der Waals surface area (Å²) in [5.41, 5.74) is 16.9. The van der Waals surface area contributed by atoms with Gasteiger partial charge in [-0.3, -0.25) is 0 Å². The van der Waals surface area contributed by atoms with E-state index in [4.69, 9.17) is 0 Å². The first-order chi connectivity index (χ1) is 20.5. The monoisotopic (exact) mass is 764 g/mol. The van der Waals surface area contributed by atoms with Gasteiger partial charge in [-0.2, -0.15) is 0 Å². The fraction of sp³-hybridized carbons (Fsp3) is 0.333. The van der Waals surface area contributed by atoms with Crippen LogP contribution in [0, 0.1) is 27.7 Å². The molecule has 4 aromatic carbocycles. The van der Waals surface area contributed by atoms with Crippen LogP contribution in [0.25, 0.3) is 34.4 Å². The number of rotatable bonds is 6. The zero-order valence-electron chi connectivity index (χ0n) is 28.8. The SMILES string of the molecule is Cc1cccc(-c2cccc3c2C=C[CH]3[Hf]([CH3])([CH3])(=[SiH2])([CH](C)C)([CH](C)C)[CH]2C=Cc3c(-c4cccc(C)c4C)cccc32)c1C. The molecule has 0 saturated heterocycles. The molecule has 228 valence electrons. The minimum atomic E-state index is -5.21. The molecule has 0 fully saturated rings. The summed E-state index contributed by atoms with van der Waals surface area (Å²) in [4.78, 5) is 0. The summed E-state index contributed by atoms with van der Waals surface area (Å²) in [6.45, 7) is 21.9. The zero-order chi connectivity index (χ0) is 31.9. The van der Waals surface area contributed by atoms with Crippen LogP contribution in [0.4, 0.5) is 0 Å². The van der Waals surface area contributed by atoms with Gasteiger partial charge in [-0.25, -0.2) is 0 Å². The van der Waals surface area contributed by atoms with Crippen LogP contribution in [0.15, 0.2) is 84.9 Å². The normalized spacial score (nSPS) is 19.9. The molecule has 2 aliphatic rings. The minimum absolute atomic E-state index is 0.391. The molecule has 0 aromatic heterocycles. The molecule has 0 amide bonds. The Morgan fingerprint density at radius 2 is 0.864 bits per heavy atom. The van der Waals surface area contributed by atoms with Gasteiger partial charge < -0.3 is 0 Å². The van der Waals surface area contributed by atoms with Gasteiger partial charge in [-0.1, -0.05) is 0 Å². The van der Waals surface area contributed by atoms with Gasteiger partial charge in [0.05, 0.1) is 0 Å². The molecule has 2 unspecified atom stereocenters. The van der Waals surface area contributed by atoms with Gasteiger partial charge in [0.2, 0.25) is 0 Å². The maximum atomic E-state index is 2.88. The van der Waals surface area contributed by atoms with Gasteiger partial charge in [0, 0.05) is 0 Å². The standard InChI is InChI=1S/2C17H15.2C3H7.2CH3.Hf.H2Si/c2*1-12-6-3-9-15(13(12)2)17-11-5-8-14-7-4-10-16(14)17;2*1-3-2;;;;/h2*3-11H,1-2H3;2*3H,1-2H3;2*1H3;;1H2. The fourth-order valence-corrected chi connectivity index (χ4v) is 50.6. The first kappa shape index (κ1) is 31.4. The number of hydrogen-bond donors (Lipinski definition) is 0. The Labute approximate surface area is 262 Å². The molecule has 2 aliphatic carbocycles. The summed E-state index contributed by atoms with van der Waals surface area (Å²) in [5, 5.41) is 0. The van der Waals surface area contributed by atoms with E-state index in [0.29, 0.717) is 14.7 Å². The Kier molecular flexibility index (Phi) is 6.61. The average molecular weight is 763 g/mol. The third-order valence-electron chi connectivity index (χ3n) is 15.5. The molecule has 0 N–H and O–H groups in total. The molecular formula is C42H52HfSi. The van der Waals surface area contributed by atoms with E-state index in [-0.39, 0.29) is 0 Å². The van der Waals surface area contributed by atoms with Crippen molar-refractivity contribution in [2.45, 2.75) is 79.4 Å². The zero-order valence-corrected chi connectivity index (χ0v) is 33.8. The summed E-state index contributed by atoms with van der Waals surface area (Å²) in [7, 11) is 0. The van der Waals surface area contributed by atoms with Crippen molar-refractivity contribution in [1.29, 1.82) is 0 Å². The van der Waals surface area contributed by atoms with Crippen LogP contribution in [-0.2, 0) is 14.2 Å². The van der Waals surface area contributed by atoms with Crippen LogP contribution in [-0.4, -0.2) is 6.94 Å². The Bertz CT molecular complexity index is 1910. The van der Waals surface area contributed by atoms with Gasteiger partial charge in [-0.05, 0) is 0 Å². The van der Waals surface area contributed by atoms with E-state index < -0.39 is 14.2 Å². The second-order valence-electron chi connectivity index (χ2n) is 17.4.